The topological polar surface area (TPSA) is 42.2 Å². The summed E-state index contributed by atoms with van der Waals surface area (Å²) in [4.78, 5) is 2.48. The maximum Gasteiger partial charge on any atom is 0.276 e. The Morgan fingerprint density at radius 1 is 1.39 bits per heavy atom. The maximum absolute atomic E-state index is 5.55. The second kappa shape index (κ2) is 7.40. The van der Waals surface area contributed by atoms with E-state index in [1.54, 1.807) is 23.5 Å². The van der Waals surface area contributed by atoms with Crippen LogP contribution in [0.1, 0.15) is 31.6 Å². The lowest BCUT2D eigenvalue weighted by molar-refractivity contribution is 0.182. The number of piperidine rings is 1. The second-order valence-corrected chi connectivity index (χ2v) is 6.57. The SMILES string of the molecule is CSCc1nnc(SCC[C@@H]2CCCCN2C)o1. The van der Waals surface area contributed by atoms with Crippen LogP contribution < -0.4 is 0 Å². The van der Waals surface area contributed by atoms with Crippen molar-refractivity contribution in [1.82, 2.24) is 15.1 Å². The minimum absolute atomic E-state index is 0.720. The summed E-state index contributed by atoms with van der Waals surface area (Å²) in [5.74, 6) is 2.61. The average molecular weight is 287 g/mol. The smallest absolute Gasteiger partial charge is 0.276 e. The van der Waals surface area contributed by atoms with Gasteiger partial charge in [-0.3, -0.25) is 0 Å². The lowest BCUT2D eigenvalue weighted by Gasteiger charge is -2.32. The highest BCUT2D eigenvalue weighted by atomic mass is 32.2. The van der Waals surface area contributed by atoms with E-state index in [4.69, 9.17) is 4.42 Å². The number of thioether (sulfide) groups is 2. The Morgan fingerprint density at radius 3 is 3.06 bits per heavy atom. The predicted molar refractivity (Wildman–Crippen MR) is 77.1 cm³/mol. The van der Waals surface area contributed by atoms with Gasteiger partial charge in [0.25, 0.3) is 5.22 Å². The summed E-state index contributed by atoms with van der Waals surface area (Å²) >= 11 is 3.39. The molecule has 0 saturated carbocycles. The van der Waals surface area contributed by atoms with Crippen molar-refractivity contribution in [3.05, 3.63) is 5.89 Å². The van der Waals surface area contributed by atoms with E-state index in [9.17, 15) is 0 Å². The second-order valence-electron chi connectivity index (χ2n) is 4.66. The third kappa shape index (κ3) is 4.17. The third-order valence-electron chi connectivity index (χ3n) is 3.31. The van der Waals surface area contributed by atoms with Gasteiger partial charge in [-0.15, -0.1) is 10.2 Å². The first-order chi connectivity index (χ1) is 8.79. The molecule has 1 fully saturated rings. The van der Waals surface area contributed by atoms with E-state index in [2.05, 4.69) is 22.1 Å². The fraction of sp³-hybridized carbons (Fsp3) is 0.833. The molecule has 0 amide bonds. The fourth-order valence-corrected chi connectivity index (χ4v) is 3.45. The van der Waals surface area contributed by atoms with Crippen LogP contribution in [0.3, 0.4) is 0 Å². The largest absolute Gasteiger partial charge is 0.415 e. The van der Waals surface area contributed by atoms with Crippen molar-refractivity contribution < 1.29 is 4.42 Å². The van der Waals surface area contributed by atoms with Crippen molar-refractivity contribution in [2.24, 2.45) is 0 Å². The number of rotatable bonds is 6. The Balaban J connectivity index is 1.70. The summed E-state index contributed by atoms with van der Waals surface area (Å²) in [6.45, 7) is 1.24. The van der Waals surface area contributed by atoms with Crippen LogP contribution in [0.15, 0.2) is 9.64 Å². The van der Waals surface area contributed by atoms with E-state index in [1.807, 2.05) is 6.26 Å². The lowest BCUT2D eigenvalue weighted by Crippen LogP contribution is -2.36. The lowest BCUT2D eigenvalue weighted by atomic mass is 10.0. The standard InChI is InChI=1S/C12H21N3OS2/c1-15-7-4-3-5-10(15)6-8-18-12-14-13-11(16-12)9-17-2/h10H,3-9H2,1-2H3/t10-/m0/s1. The van der Waals surface area contributed by atoms with Crippen LogP contribution in [0.25, 0.3) is 0 Å². The van der Waals surface area contributed by atoms with Gasteiger partial charge in [0, 0.05) is 11.8 Å². The Labute approximate surface area is 117 Å². The van der Waals surface area contributed by atoms with Gasteiger partial charge < -0.3 is 9.32 Å². The van der Waals surface area contributed by atoms with Crippen molar-refractivity contribution in [1.29, 1.82) is 0 Å². The normalized spacial score (nSPS) is 21.3. The minimum atomic E-state index is 0.720. The van der Waals surface area contributed by atoms with E-state index in [0.717, 1.165) is 28.7 Å². The molecule has 1 aromatic rings. The number of likely N-dealkylation sites (tertiary alicyclic amines) is 1. The zero-order valence-corrected chi connectivity index (χ0v) is 12.7. The van der Waals surface area contributed by atoms with Crippen molar-refractivity contribution in [3.8, 4) is 0 Å². The van der Waals surface area contributed by atoms with Gasteiger partial charge in [0.2, 0.25) is 5.89 Å². The minimum Gasteiger partial charge on any atom is -0.415 e. The summed E-state index contributed by atoms with van der Waals surface area (Å²) in [5, 5.41) is 8.79. The first kappa shape index (κ1) is 14.2. The van der Waals surface area contributed by atoms with E-state index in [1.165, 1.54) is 32.2 Å². The van der Waals surface area contributed by atoms with Gasteiger partial charge in [0.1, 0.15) is 0 Å². The van der Waals surface area contributed by atoms with Crippen molar-refractivity contribution in [2.75, 3.05) is 25.6 Å². The van der Waals surface area contributed by atoms with E-state index < -0.39 is 0 Å². The zero-order chi connectivity index (χ0) is 12.8. The summed E-state index contributed by atoms with van der Waals surface area (Å²) in [5.41, 5.74) is 0. The molecule has 0 N–H and O–H groups in total. The molecule has 1 aliphatic rings. The van der Waals surface area contributed by atoms with E-state index in [-0.39, 0.29) is 0 Å². The molecule has 1 atom stereocenters. The van der Waals surface area contributed by atoms with Crippen LogP contribution in [-0.2, 0) is 5.75 Å². The molecule has 1 saturated heterocycles. The highest BCUT2D eigenvalue weighted by Gasteiger charge is 2.18. The first-order valence-corrected chi connectivity index (χ1v) is 8.82. The molecule has 0 aromatic carbocycles. The summed E-state index contributed by atoms with van der Waals surface area (Å²) < 4.78 is 5.55. The Kier molecular flexibility index (Phi) is 5.85. The molecule has 2 heterocycles. The number of nitrogens with zero attached hydrogens (tertiary/aromatic N) is 3. The van der Waals surface area contributed by atoms with Gasteiger partial charge in [-0.1, -0.05) is 18.2 Å². The van der Waals surface area contributed by atoms with Crippen molar-refractivity contribution in [3.63, 3.8) is 0 Å². The summed E-state index contributed by atoms with van der Waals surface area (Å²) in [7, 11) is 2.23. The van der Waals surface area contributed by atoms with Gasteiger partial charge >= 0.3 is 0 Å². The first-order valence-electron chi connectivity index (χ1n) is 6.44. The zero-order valence-electron chi connectivity index (χ0n) is 11.1. The molecule has 2 rings (SSSR count). The summed E-state index contributed by atoms with van der Waals surface area (Å²) in [6, 6.07) is 0.736. The van der Waals surface area contributed by atoms with Crippen LogP contribution >= 0.6 is 23.5 Å². The highest BCUT2D eigenvalue weighted by Crippen LogP contribution is 2.23. The molecular weight excluding hydrogens is 266 g/mol. The van der Waals surface area contributed by atoms with Crippen LogP contribution in [0, 0.1) is 0 Å². The van der Waals surface area contributed by atoms with Crippen LogP contribution in [-0.4, -0.2) is 46.7 Å². The molecule has 0 aliphatic carbocycles. The molecule has 1 aliphatic heterocycles. The van der Waals surface area contributed by atoms with Gasteiger partial charge in [-0.2, -0.15) is 11.8 Å². The number of aromatic nitrogens is 2. The number of hydrogen-bond donors (Lipinski definition) is 0. The van der Waals surface area contributed by atoms with Gasteiger partial charge in [-0.05, 0) is 39.1 Å². The molecule has 1 aromatic heterocycles. The molecule has 18 heavy (non-hydrogen) atoms. The van der Waals surface area contributed by atoms with E-state index in [0.29, 0.717) is 0 Å². The molecule has 6 heteroatoms. The Hall–Kier alpha value is -0.200. The fourth-order valence-electron chi connectivity index (χ4n) is 2.27. The van der Waals surface area contributed by atoms with Crippen molar-refractivity contribution >= 4 is 23.5 Å². The highest BCUT2D eigenvalue weighted by molar-refractivity contribution is 7.99. The Bertz CT molecular complexity index is 359. The van der Waals surface area contributed by atoms with Crippen LogP contribution in [0.2, 0.25) is 0 Å². The van der Waals surface area contributed by atoms with E-state index >= 15 is 0 Å². The molecule has 0 bridgehead atoms. The average Bonchev–Trinajstić information content (AvgIpc) is 2.80. The summed E-state index contributed by atoms with van der Waals surface area (Å²) in [6.07, 6.45) is 7.30. The quantitative estimate of drug-likeness (QED) is 0.749. The molecule has 0 spiro atoms. The molecule has 4 nitrogen and oxygen atoms in total. The molecular formula is C12H21N3OS2. The number of hydrogen-bond acceptors (Lipinski definition) is 6. The van der Waals surface area contributed by atoms with Crippen LogP contribution in [0.4, 0.5) is 0 Å². The Morgan fingerprint density at radius 2 is 2.28 bits per heavy atom. The van der Waals surface area contributed by atoms with Crippen molar-refractivity contribution in [2.45, 2.75) is 42.7 Å². The molecule has 0 radical (unpaired) electrons. The molecule has 102 valence electrons. The maximum atomic E-state index is 5.55. The van der Waals surface area contributed by atoms with Gasteiger partial charge in [0.15, 0.2) is 0 Å². The third-order valence-corrected chi connectivity index (χ3v) is 4.70. The van der Waals surface area contributed by atoms with Gasteiger partial charge in [-0.25, -0.2) is 0 Å². The predicted octanol–water partition coefficient (Wildman–Crippen LogP) is 2.90. The van der Waals surface area contributed by atoms with Crippen LogP contribution in [0.5, 0.6) is 0 Å². The monoisotopic (exact) mass is 287 g/mol. The van der Waals surface area contributed by atoms with Gasteiger partial charge in [0.05, 0.1) is 5.75 Å². The molecule has 0 unspecified atom stereocenters.